The summed E-state index contributed by atoms with van der Waals surface area (Å²) >= 11 is 0. The average Bonchev–Trinajstić information content (AvgIpc) is 3.04. The lowest BCUT2D eigenvalue weighted by atomic mass is 9.87. The molecule has 0 fully saturated rings. The van der Waals surface area contributed by atoms with E-state index in [1.165, 1.54) is 11.1 Å². The van der Waals surface area contributed by atoms with Gasteiger partial charge in [0.15, 0.2) is 0 Å². The zero-order chi connectivity index (χ0) is 34.8. The molecule has 1 aromatic carbocycles. The van der Waals surface area contributed by atoms with Crippen LogP contribution in [0.15, 0.2) is 79.3 Å². The zero-order valence-electron chi connectivity index (χ0n) is 32.4. The SMILES string of the molecule is CC.CC.CC.CC.CC.CC.CC(C)(C)c1ccccc1.CC(C)(C)c1ccccn1.CC(C)(C)c1cccnc1. The van der Waals surface area contributed by atoms with Crippen LogP contribution in [0.25, 0.3) is 0 Å². The first-order valence-corrected chi connectivity index (χ1v) is 16.7. The largest absolute Gasteiger partial charge is 0.264 e. The van der Waals surface area contributed by atoms with Gasteiger partial charge in [-0.15, -0.1) is 0 Å². The summed E-state index contributed by atoms with van der Waals surface area (Å²) in [4.78, 5) is 8.30. The predicted molar refractivity (Wildman–Crippen MR) is 199 cm³/mol. The van der Waals surface area contributed by atoms with Gasteiger partial charge in [0.25, 0.3) is 0 Å². The van der Waals surface area contributed by atoms with E-state index < -0.39 is 0 Å². The van der Waals surface area contributed by atoms with Crippen molar-refractivity contribution >= 4 is 0 Å². The summed E-state index contributed by atoms with van der Waals surface area (Å²) in [7, 11) is 0. The van der Waals surface area contributed by atoms with Gasteiger partial charge in [0.2, 0.25) is 0 Å². The molecule has 0 atom stereocenters. The number of rotatable bonds is 0. The van der Waals surface area contributed by atoms with E-state index in [1.54, 1.807) is 6.20 Å². The minimum Gasteiger partial charge on any atom is -0.264 e. The normalized spacial score (nSPS) is 9.07. The van der Waals surface area contributed by atoms with Crippen molar-refractivity contribution in [2.75, 3.05) is 0 Å². The van der Waals surface area contributed by atoms with Gasteiger partial charge in [0.05, 0.1) is 0 Å². The molecule has 0 saturated carbocycles. The van der Waals surface area contributed by atoms with E-state index in [4.69, 9.17) is 0 Å². The molecule has 3 aromatic rings. The lowest BCUT2D eigenvalue weighted by Gasteiger charge is -2.18. The topological polar surface area (TPSA) is 25.8 Å². The summed E-state index contributed by atoms with van der Waals surface area (Å²) in [5.74, 6) is 0. The fourth-order valence-electron chi connectivity index (χ4n) is 2.55. The monoisotopic (exact) mass is 585 g/mol. The Morgan fingerprint density at radius 3 is 0.976 bits per heavy atom. The third kappa shape index (κ3) is 32.0. The highest BCUT2D eigenvalue weighted by Crippen LogP contribution is 2.21. The zero-order valence-corrected chi connectivity index (χ0v) is 32.4. The number of hydrogen-bond donors (Lipinski definition) is 0. The van der Waals surface area contributed by atoms with Gasteiger partial charge in [-0.1, -0.05) is 188 Å². The molecule has 0 aliphatic heterocycles. The smallest absolute Gasteiger partial charge is 0.0457 e. The molecule has 0 radical (unpaired) electrons. The van der Waals surface area contributed by atoms with Gasteiger partial charge < -0.3 is 0 Å². The number of aromatic nitrogens is 2. The van der Waals surface area contributed by atoms with Crippen molar-refractivity contribution in [1.82, 2.24) is 9.97 Å². The summed E-state index contributed by atoms with van der Waals surface area (Å²) in [6.07, 6.45) is 5.55. The van der Waals surface area contributed by atoms with Gasteiger partial charge in [0, 0.05) is 29.7 Å². The Labute approximate surface area is 267 Å². The molecular weight excluding hydrogens is 508 g/mol. The molecule has 0 amide bonds. The van der Waals surface area contributed by atoms with Crippen LogP contribution in [0.2, 0.25) is 0 Å². The van der Waals surface area contributed by atoms with Gasteiger partial charge in [0.1, 0.15) is 0 Å². The van der Waals surface area contributed by atoms with Crippen molar-refractivity contribution in [3.8, 4) is 0 Å². The van der Waals surface area contributed by atoms with Gasteiger partial charge in [-0.3, -0.25) is 9.97 Å². The van der Waals surface area contributed by atoms with Gasteiger partial charge in [-0.25, -0.2) is 0 Å². The van der Waals surface area contributed by atoms with Crippen LogP contribution in [0.4, 0.5) is 0 Å². The Morgan fingerprint density at radius 1 is 0.381 bits per heavy atom. The fraction of sp³-hybridized carbons (Fsp3) is 0.600. The van der Waals surface area contributed by atoms with Crippen molar-refractivity contribution in [1.29, 1.82) is 0 Å². The maximum atomic E-state index is 4.25. The second-order valence-electron chi connectivity index (χ2n) is 10.6. The van der Waals surface area contributed by atoms with Gasteiger partial charge in [-0.2, -0.15) is 0 Å². The Hall–Kier alpha value is -2.48. The number of benzene rings is 1. The van der Waals surface area contributed by atoms with Gasteiger partial charge >= 0.3 is 0 Å². The molecule has 42 heavy (non-hydrogen) atoms. The number of nitrogens with zero attached hydrogens (tertiary/aromatic N) is 2. The van der Waals surface area contributed by atoms with Crippen LogP contribution < -0.4 is 0 Å². The molecule has 3 rings (SSSR count). The molecule has 0 aliphatic carbocycles. The third-order valence-electron chi connectivity index (χ3n) is 4.60. The molecule has 2 heteroatoms. The summed E-state index contributed by atoms with van der Waals surface area (Å²) in [6, 6.07) is 20.6. The van der Waals surface area contributed by atoms with E-state index >= 15 is 0 Å². The molecule has 246 valence electrons. The predicted octanol–water partition coefficient (Wildman–Crippen LogP) is 13.9. The molecule has 0 bridgehead atoms. The maximum Gasteiger partial charge on any atom is 0.0457 e. The maximum absolute atomic E-state index is 4.25. The van der Waals surface area contributed by atoms with E-state index in [9.17, 15) is 0 Å². The highest BCUT2D eigenvalue weighted by molar-refractivity contribution is 5.22. The summed E-state index contributed by atoms with van der Waals surface area (Å²) < 4.78 is 0. The van der Waals surface area contributed by atoms with Crippen LogP contribution in [0.1, 0.15) is 162 Å². The van der Waals surface area contributed by atoms with Crippen LogP contribution in [-0.4, -0.2) is 9.97 Å². The lowest BCUT2D eigenvalue weighted by Crippen LogP contribution is -2.12. The molecular formula is C40H76N2. The Morgan fingerprint density at radius 2 is 0.762 bits per heavy atom. The van der Waals surface area contributed by atoms with Crippen molar-refractivity contribution < 1.29 is 0 Å². The van der Waals surface area contributed by atoms with Crippen LogP contribution in [-0.2, 0) is 16.2 Å². The van der Waals surface area contributed by atoms with Crippen molar-refractivity contribution in [2.45, 2.75) is 162 Å². The van der Waals surface area contributed by atoms with E-state index in [-0.39, 0.29) is 10.8 Å². The van der Waals surface area contributed by atoms with E-state index in [0.717, 1.165) is 5.69 Å². The lowest BCUT2D eigenvalue weighted by molar-refractivity contribution is 0.569. The second kappa shape index (κ2) is 34.7. The standard InChI is InChI=1S/C10H14.2C9H13N.6C2H6/c1-10(2,3)9-7-5-4-6-8-9;1-9(2,3)8-5-4-6-10-7-8;1-9(2,3)8-6-4-5-7-10-8;6*1-2/h4-8H,1-3H3;2*4-7H,1-3H3;6*1-2H3. The minimum absolute atomic E-state index is 0.182. The molecule has 0 N–H and O–H groups in total. The van der Waals surface area contributed by atoms with Crippen molar-refractivity contribution in [2.24, 2.45) is 0 Å². The molecule has 0 aliphatic rings. The third-order valence-corrected chi connectivity index (χ3v) is 4.60. The van der Waals surface area contributed by atoms with E-state index in [2.05, 4.69) is 115 Å². The minimum atomic E-state index is 0.182. The average molecular weight is 585 g/mol. The summed E-state index contributed by atoms with van der Waals surface area (Å²) in [5.41, 5.74) is 4.54. The molecule has 2 nitrogen and oxygen atoms in total. The highest BCUT2D eigenvalue weighted by atomic mass is 14.7. The molecule has 0 spiro atoms. The van der Waals surface area contributed by atoms with Crippen LogP contribution in [0.3, 0.4) is 0 Å². The first kappa shape index (κ1) is 52.2. The van der Waals surface area contributed by atoms with Crippen molar-refractivity contribution in [3.05, 3.63) is 96.1 Å². The molecule has 2 aromatic heterocycles. The Kier molecular flexibility index (Phi) is 43.1. The molecule has 2 heterocycles. The van der Waals surface area contributed by atoms with Crippen molar-refractivity contribution in [3.63, 3.8) is 0 Å². The van der Waals surface area contributed by atoms with Crippen LogP contribution >= 0.6 is 0 Å². The highest BCUT2D eigenvalue weighted by Gasteiger charge is 2.13. The first-order chi connectivity index (χ1) is 19.8. The summed E-state index contributed by atoms with van der Waals surface area (Å²) in [5, 5.41) is 0. The van der Waals surface area contributed by atoms with E-state index in [1.807, 2.05) is 114 Å². The fourth-order valence-corrected chi connectivity index (χ4v) is 2.55. The Balaban J connectivity index is -0.0000000979. The summed E-state index contributed by atoms with van der Waals surface area (Å²) in [6.45, 7) is 43.7. The number of hydrogen-bond acceptors (Lipinski definition) is 2. The molecule has 0 unspecified atom stereocenters. The quantitative estimate of drug-likeness (QED) is 0.262. The van der Waals surface area contributed by atoms with E-state index in [0.29, 0.717) is 5.41 Å². The molecule has 0 saturated heterocycles. The number of pyridine rings is 2. The van der Waals surface area contributed by atoms with Gasteiger partial charge in [-0.05, 0) is 40.2 Å². The van der Waals surface area contributed by atoms with Crippen LogP contribution in [0.5, 0.6) is 0 Å². The Bertz CT molecular complexity index is 702. The first-order valence-electron chi connectivity index (χ1n) is 16.7. The second-order valence-corrected chi connectivity index (χ2v) is 10.6. The van der Waals surface area contributed by atoms with Crippen LogP contribution in [0, 0.1) is 0 Å².